The molecule has 6 nitrogen and oxygen atoms in total. The van der Waals surface area contributed by atoms with Crippen molar-refractivity contribution in [3.05, 3.63) is 47.8 Å². The van der Waals surface area contributed by atoms with E-state index in [4.69, 9.17) is 9.72 Å². The second-order valence-electron chi connectivity index (χ2n) is 9.10. The summed E-state index contributed by atoms with van der Waals surface area (Å²) in [5.74, 6) is 2.32. The van der Waals surface area contributed by atoms with Crippen LogP contribution in [0.3, 0.4) is 0 Å². The number of anilines is 1. The summed E-state index contributed by atoms with van der Waals surface area (Å²) in [5.41, 5.74) is 2.33. The number of ether oxygens (including phenoxy) is 1. The molecule has 1 saturated carbocycles. The normalized spacial score (nSPS) is 22.5. The lowest BCUT2D eigenvalue weighted by molar-refractivity contribution is -0.119. The average molecular weight is 421 g/mol. The third kappa shape index (κ3) is 4.74. The Labute approximate surface area is 184 Å². The van der Waals surface area contributed by atoms with E-state index >= 15 is 0 Å². The highest BCUT2D eigenvalue weighted by Crippen LogP contribution is 2.30. The Morgan fingerprint density at radius 1 is 1.03 bits per heavy atom. The summed E-state index contributed by atoms with van der Waals surface area (Å²) in [7, 11) is 0. The zero-order valence-electron chi connectivity index (χ0n) is 18.2. The van der Waals surface area contributed by atoms with Crippen LogP contribution in [0.2, 0.25) is 0 Å². The van der Waals surface area contributed by atoms with Gasteiger partial charge in [-0.3, -0.25) is 9.69 Å². The largest absolute Gasteiger partial charge is 0.474 e. The average Bonchev–Trinajstić information content (AvgIpc) is 3.25. The molecule has 0 aromatic carbocycles. The van der Waals surface area contributed by atoms with Gasteiger partial charge in [0, 0.05) is 49.9 Å². The number of pyridine rings is 2. The molecule has 4 heterocycles. The van der Waals surface area contributed by atoms with Gasteiger partial charge in [-0.2, -0.15) is 0 Å². The SMILES string of the molecule is O=C1CCCCN1c1ncccc1CCN1CCC(c2cccc(OC3CCC3)n2)C1. The first kappa shape index (κ1) is 20.4. The first-order valence-corrected chi connectivity index (χ1v) is 11.9. The van der Waals surface area contributed by atoms with Crippen LogP contribution in [0.5, 0.6) is 5.88 Å². The fourth-order valence-corrected chi connectivity index (χ4v) is 4.84. The Hall–Kier alpha value is -2.47. The van der Waals surface area contributed by atoms with E-state index in [0.29, 0.717) is 18.4 Å². The maximum absolute atomic E-state index is 12.4. The molecule has 3 fully saturated rings. The molecule has 2 aliphatic heterocycles. The van der Waals surface area contributed by atoms with E-state index in [0.717, 1.165) is 82.1 Å². The molecule has 5 rings (SSSR count). The highest BCUT2D eigenvalue weighted by molar-refractivity contribution is 5.93. The number of hydrogen-bond acceptors (Lipinski definition) is 5. The van der Waals surface area contributed by atoms with Crippen LogP contribution in [-0.4, -0.2) is 53.1 Å². The Morgan fingerprint density at radius 3 is 2.81 bits per heavy atom. The topological polar surface area (TPSA) is 58.6 Å². The predicted molar refractivity (Wildman–Crippen MR) is 120 cm³/mol. The van der Waals surface area contributed by atoms with Gasteiger partial charge in [0.15, 0.2) is 0 Å². The van der Waals surface area contributed by atoms with Crippen LogP contribution in [-0.2, 0) is 11.2 Å². The number of hydrogen-bond donors (Lipinski definition) is 0. The molecule has 1 atom stereocenters. The van der Waals surface area contributed by atoms with Gasteiger partial charge in [-0.25, -0.2) is 9.97 Å². The van der Waals surface area contributed by atoms with E-state index in [1.807, 2.05) is 17.0 Å². The van der Waals surface area contributed by atoms with E-state index in [1.54, 1.807) is 6.20 Å². The minimum atomic E-state index is 0.211. The number of amides is 1. The molecule has 2 aromatic heterocycles. The van der Waals surface area contributed by atoms with Gasteiger partial charge in [0.25, 0.3) is 0 Å². The summed E-state index contributed by atoms with van der Waals surface area (Å²) < 4.78 is 6.00. The quantitative estimate of drug-likeness (QED) is 0.679. The molecule has 1 unspecified atom stereocenters. The van der Waals surface area contributed by atoms with Crippen LogP contribution < -0.4 is 9.64 Å². The number of carbonyl (C=O) groups excluding carboxylic acids is 1. The van der Waals surface area contributed by atoms with Gasteiger partial charge in [0.2, 0.25) is 11.8 Å². The summed E-state index contributed by atoms with van der Waals surface area (Å²) in [6, 6.07) is 10.3. The van der Waals surface area contributed by atoms with E-state index in [9.17, 15) is 4.79 Å². The Balaban J connectivity index is 1.19. The van der Waals surface area contributed by atoms with Gasteiger partial charge in [-0.15, -0.1) is 0 Å². The van der Waals surface area contributed by atoms with Crippen molar-refractivity contribution in [2.75, 3.05) is 31.1 Å². The zero-order valence-corrected chi connectivity index (χ0v) is 18.2. The van der Waals surface area contributed by atoms with Crippen molar-refractivity contribution < 1.29 is 9.53 Å². The second kappa shape index (κ2) is 9.35. The standard InChI is InChI=1S/C25H32N4O2/c30-24-11-1-2-15-29(24)25-19(6-5-14-26-25)12-16-28-17-13-20(18-28)22-9-4-10-23(27-22)31-21-7-3-8-21/h4-6,9-10,14,20-21H,1-3,7-8,11-13,15-18H2. The van der Waals surface area contributed by atoms with Gasteiger partial charge in [-0.05, 0) is 69.2 Å². The predicted octanol–water partition coefficient (Wildman–Crippen LogP) is 3.96. The molecule has 31 heavy (non-hydrogen) atoms. The molecule has 6 heteroatoms. The molecule has 0 N–H and O–H groups in total. The first-order valence-electron chi connectivity index (χ1n) is 11.9. The third-order valence-electron chi connectivity index (χ3n) is 6.92. The summed E-state index contributed by atoms with van der Waals surface area (Å²) in [6.07, 6.45) is 10.5. The monoisotopic (exact) mass is 420 g/mol. The summed E-state index contributed by atoms with van der Waals surface area (Å²) in [4.78, 5) is 26.2. The first-order chi connectivity index (χ1) is 15.3. The van der Waals surface area contributed by atoms with E-state index in [2.05, 4.69) is 28.1 Å². The van der Waals surface area contributed by atoms with Gasteiger partial charge in [0.05, 0.1) is 0 Å². The summed E-state index contributed by atoms with van der Waals surface area (Å²) in [5, 5.41) is 0. The van der Waals surface area contributed by atoms with Gasteiger partial charge >= 0.3 is 0 Å². The molecular formula is C25H32N4O2. The lowest BCUT2D eigenvalue weighted by Gasteiger charge is -2.28. The van der Waals surface area contributed by atoms with Crippen molar-refractivity contribution in [3.63, 3.8) is 0 Å². The molecule has 2 saturated heterocycles. The number of rotatable bonds is 7. The number of likely N-dealkylation sites (tertiary alicyclic amines) is 1. The molecule has 164 valence electrons. The second-order valence-corrected chi connectivity index (χ2v) is 9.10. The molecule has 1 aliphatic carbocycles. The van der Waals surface area contributed by atoms with Crippen LogP contribution in [0.1, 0.15) is 62.1 Å². The molecule has 2 aromatic rings. The molecule has 3 aliphatic rings. The van der Waals surface area contributed by atoms with E-state index in [-0.39, 0.29) is 5.91 Å². The van der Waals surface area contributed by atoms with Crippen LogP contribution in [0.4, 0.5) is 5.82 Å². The number of piperidine rings is 1. The molecule has 0 spiro atoms. The van der Waals surface area contributed by atoms with Crippen molar-refractivity contribution >= 4 is 11.7 Å². The Morgan fingerprint density at radius 2 is 1.97 bits per heavy atom. The van der Waals surface area contributed by atoms with E-state index in [1.165, 1.54) is 12.0 Å². The molecule has 0 radical (unpaired) electrons. The maximum Gasteiger partial charge on any atom is 0.228 e. The van der Waals surface area contributed by atoms with E-state index < -0.39 is 0 Å². The van der Waals surface area contributed by atoms with Crippen molar-refractivity contribution in [1.82, 2.24) is 14.9 Å². The van der Waals surface area contributed by atoms with Crippen molar-refractivity contribution in [2.45, 2.75) is 63.4 Å². The van der Waals surface area contributed by atoms with Crippen LogP contribution in [0.15, 0.2) is 36.5 Å². The Bertz CT molecular complexity index is 914. The van der Waals surface area contributed by atoms with Crippen molar-refractivity contribution in [1.29, 1.82) is 0 Å². The highest BCUT2D eigenvalue weighted by Gasteiger charge is 2.27. The lowest BCUT2D eigenvalue weighted by atomic mass is 9.96. The van der Waals surface area contributed by atoms with Crippen LogP contribution >= 0.6 is 0 Å². The van der Waals surface area contributed by atoms with Crippen LogP contribution in [0, 0.1) is 0 Å². The van der Waals surface area contributed by atoms with Gasteiger partial charge in [-0.1, -0.05) is 12.1 Å². The molecule has 0 bridgehead atoms. The fourth-order valence-electron chi connectivity index (χ4n) is 4.84. The van der Waals surface area contributed by atoms with Gasteiger partial charge < -0.3 is 9.64 Å². The lowest BCUT2D eigenvalue weighted by Crippen LogP contribution is -2.36. The van der Waals surface area contributed by atoms with Crippen molar-refractivity contribution in [3.8, 4) is 5.88 Å². The van der Waals surface area contributed by atoms with Gasteiger partial charge in [0.1, 0.15) is 11.9 Å². The highest BCUT2D eigenvalue weighted by atomic mass is 16.5. The number of aromatic nitrogens is 2. The Kier molecular flexibility index (Phi) is 6.16. The molecule has 1 amide bonds. The summed E-state index contributed by atoms with van der Waals surface area (Å²) >= 11 is 0. The maximum atomic E-state index is 12.4. The fraction of sp³-hybridized carbons (Fsp3) is 0.560. The zero-order chi connectivity index (χ0) is 21.0. The van der Waals surface area contributed by atoms with Crippen molar-refractivity contribution in [2.24, 2.45) is 0 Å². The van der Waals surface area contributed by atoms with Crippen LogP contribution in [0.25, 0.3) is 0 Å². The number of nitrogens with zero attached hydrogens (tertiary/aromatic N) is 4. The summed E-state index contributed by atoms with van der Waals surface area (Å²) in [6.45, 7) is 3.88. The third-order valence-corrected chi connectivity index (χ3v) is 6.92. The smallest absolute Gasteiger partial charge is 0.228 e. The molecular weight excluding hydrogens is 388 g/mol. The minimum absolute atomic E-state index is 0.211. The minimum Gasteiger partial charge on any atom is -0.474 e. The number of carbonyl (C=O) groups is 1.